The third-order valence-corrected chi connectivity index (χ3v) is 2.14. The van der Waals surface area contributed by atoms with Crippen LogP contribution in [-0.4, -0.2) is 24.9 Å². The zero-order valence-corrected chi connectivity index (χ0v) is 10.3. The van der Waals surface area contributed by atoms with E-state index >= 15 is 0 Å². The van der Waals surface area contributed by atoms with E-state index in [0.717, 1.165) is 5.56 Å². The molecule has 18 heavy (non-hydrogen) atoms. The Morgan fingerprint density at radius 3 is 2.67 bits per heavy atom. The molecule has 2 amide bonds. The summed E-state index contributed by atoms with van der Waals surface area (Å²) in [6.45, 7) is 2.26. The van der Waals surface area contributed by atoms with Crippen molar-refractivity contribution in [1.82, 2.24) is 10.6 Å². The van der Waals surface area contributed by atoms with E-state index in [2.05, 4.69) is 10.6 Å². The lowest BCUT2D eigenvalue weighted by Crippen LogP contribution is -2.32. The minimum Gasteiger partial charge on any atom is -0.399 e. The zero-order valence-electron chi connectivity index (χ0n) is 10.3. The number of nitrogens with two attached hydrogens (primary N) is 1. The molecule has 0 atom stereocenters. The number of carbonyl (C=O) groups is 2. The summed E-state index contributed by atoms with van der Waals surface area (Å²) in [5, 5.41) is 5.24. The Morgan fingerprint density at radius 2 is 2.00 bits per heavy atom. The Kier molecular flexibility index (Phi) is 5.44. The molecule has 0 unspecified atom stereocenters. The highest BCUT2D eigenvalue weighted by Crippen LogP contribution is 2.07. The van der Waals surface area contributed by atoms with Gasteiger partial charge in [0.05, 0.1) is 0 Å². The third kappa shape index (κ3) is 5.69. The lowest BCUT2D eigenvalue weighted by Gasteiger charge is -2.02. The number of carbonyl (C=O) groups excluding carboxylic acids is 2. The van der Waals surface area contributed by atoms with E-state index in [9.17, 15) is 9.59 Å². The first-order chi connectivity index (χ1) is 8.58. The summed E-state index contributed by atoms with van der Waals surface area (Å²) in [5.41, 5.74) is 7.14. The van der Waals surface area contributed by atoms with E-state index < -0.39 is 0 Å². The minimum atomic E-state index is -0.206. The van der Waals surface area contributed by atoms with Gasteiger partial charge in [0.2, 0.25) is 11.8 Å². The van der Waals surface area contributed by atoms with Crippen molar-refractivity contribution in [3.63, 3.8) is 0 Å². The number of nitrogens with one attached hydrogen (secondary N) is 2. The Labute approximate surface area is 106 Å². The maximum atomic E-state index is 11.4. The molecule has 0 heterocycles. The molecule has 1 aromatic carbocycles. The largest absolute Gasteiger partial charge is 0.399 e. The van der Waals surface area contributed by atoms with Gasteiger partial charge >= 0.3 is 0 Å². The number of hydrogen-bond acceptors (Lipinski definition) is 3. The number of nitrogen functional groups attached to an aromatic ring is 1. The van der Waals surface area contributed by atoms with Gasteiger partial charge in [0.15, 0.2) is 0 Å². The van der Waals surface area contributed by atoms with Crippen molar-refractivity contribution in [2.24, 2.45) is 0 Å². The van der Waals surface area contributed by atoms with Crippen molar-refractivity contribution in [1.29, 1.82) is 0 Å². The normalized spacial score (nSPS) is 10.3. The van der Waals surface area contributed by atoms with Gasteiger partial charge in [-0.1, -0.05) is 12.1 Å². The van der Waals surface area contributed by atoms with Gasteiger partial charge in [0.25, 0.3) is 0 Å². The molecule has 0 aliphatic rings. The molecule has 0 spiro atoms. The van der Waals surface area contributed by atoms with Gasteiger partial charge in [-0.3, -0.25) is 9.59 Å². The van der Waals surface area contributed by atoms with Gasteiger partial charge in [-0.15, -0.1) is 0 Å². The zero-order chi connectivity index (χ0) is 13.4. The fraction of sp³-hybridized carbons (Fsp3) is 0.231. The Balaban J connectivity index is 2.33. The summed E-state index contributed by atoms with van der Waals surface area (Å²) in [4.78, 5) is 22.0. The van der Waals surface area contributed by atoms with Crippen molar-refractivity contribution in [2.45, 2.75) is 6.92 Å². The van der Waals surface area contributed by atoms with Crippen LogP contribution in [-0.2, 0) is 9.59 Å². The van der Waals surface area contributed by atoms with Gasteiger partial charge in [-0.05, 0) is 23.8 Å². The maximum absolute atomic E-state index is 11.4. The smallest absolute Gasteiger partial charge is 0.244 e. The monoisotopic (exact) mass is 247 g/mol. The second kappa shape index (κ2) is 7.11. The molecule has 4 N–H and O–H groups in total. The number of hydrogen-bond donors (Lipinski definition) is 3. The topological polar surface area (TPSA) is 84.2 Å². The van der Waals surface area contributed by atoms with Gasteiger partial charge in [-0.2, -0.15) is 0 Å². The summed E-state index contributed by atoms with van der Waals surface area (Å²) in [7, 11) is 0. The summed E-state index contributed by atoms with van der Waals surface area (Å²) in [5.74, 6) is -0.317. The van der Waals surface area contributed by atoms with E-state index in [4.69, 9.17) is 5.73 Å². The van der Waals surface area contributed by atoms with Crippen LogP contribution < -0.4 is 16.4 Å². The molecule has 5 heteroatoms. The van der Waals surface area contributed by atoms with E-state index in [0.29, 0.717) is 18.8 Å². The highest BCUT2D eigenvalue weighted by molar-refractivity contribution is 5.91. The second-order valence-corrected chi connectivity index (χ2v) is 3.78. The van der Waals surface area contributed by atoms with E-state index in [1.54, 1.807) is 18.2 Å². The second-order valence-electron chi connectivity index (χ2n) is 3.78. The van der Waals surface area contributed by atoms with Crippen LogP contribution >= 0.6 is 0 Å². The standard InChI is InChI=1S/C13H17N3O2/c1-10(17)15-7-8-16-13(18)6-5-11-3-2-4-12(14)9-11/h2-6,9H,7-8,14H2,1H3,(H,15,17)(H,16,18)/b6-5+. The van der Waals surface area contributed by atoms with Gasteiger partial charge in [-0.25, -0.2) is 0 Å². The van der Waals surface area contributed by atoms with Crippen molar-refractivity contribution >= 4 is 23.6 Å². The molecule has 5 nitrogen and oxygen atoms in total. The SMILES string of the molecule is CC(=O)NCCNC(=O)/C=C/c1cccc(N)c1. The van der Waals surface area contributed by atoms with Crippen molar-refractivity contribution in [2.75, 3.05) is 18.8 Å². The van der Waals surface area contributed by atoms with E-state index in [1.807, 2.05) is 12.1 Å². The molecule has 0 fully saturated rings. The van der Waals surface area contributed by atoms with Gasteiger partial charge in [0, 0.05) is 31.8 Å². The van der Waals surface area contributed by atoms with Gasteiger partial charge < -0.3 is 16.4 Å². The molecule has 96 valence electrons. The van der Waals surface area contributed by atoms with Crippen molar-refractivity contribution in [3.8, 4) is 0 Å². The molecular formula is C13H17N3O2. The van der Waals surface area contributed by atoms with Crippen LogP contribution in [0.3, 0.4) is 0 Å². The molecule has 0 bridgehead atoms. The van der Waals surface area contributed by atoms with Crippen LogP contribution in [0.1, 0.15) is 12.5 Å². The summed E-state index contributed by atoms with van der Waals surface area (Å²) < 4.78 is 0. The van der Waals surface area contributed by atoms with Gasteiger partial charge in [0.1, 0.15) is 0 Å². The van der Waals surface area contributed by atoms with Crippen LogP contribution in [0.15, 0.2) is 30.3 Å². The van der Waals surface area contributed by atoms with Crippen LogP contribution in [0.2, 0.25) is 0 Å². The molecule has 0 aromatic heterocycles. The maximum Gasteiger partial charge on any atom is 0.244 e. The van der Waals surface area contributed by atoms with Crippen molar-refractivity contribution in [3.05, 3.63) is 35.9 Å². The molecule has 0 radical (unpaired) electrons. The third-order valence-electron chi connectivity index (χ3n) is 2.14. The fourth-order valence-electron chi connectivity index (χ4n) is 1.32. The van der Waals surface area contributed by atoms with Crippen LogP contribution in [0.5, 0.6) is 0 Å². The Morgan fingerprint density at radius 1 is 1.28 bits per heavy atom. The lowest BCUT2D eigenvalue weighted by atomic mass is 10.2. The number of anilines is 1. The Bertz CT molecular complexity index is 455. The fourth-order valence-corrected chi connectivity index (χ4v) is 1.32. The summed E-state index contributed by atoms with van der Waals surface area (Å²) in [6, 6.07) is 7.24. The quantitative estimate of drug-likeness (QED) is 0.403. The first-order valence-corrected chi connectivity index (χ1v) is 5.64. The predicted molar refractivity (Wildman–Crippen MR) is 71.6 cm³/mol. The van der Waals surface area contributed by atoms with E-state index in [1.165, 1.54) is 13.0 Å². The molecule has 0 saturated carbocycles. The number of rotatable bonds is 5. The highest BCUT2D eigenvalue weighted by atomic mass is 16.2. The average molecular weight is 247 g/mol. The summed E-state index contributed by atoms with van der Waals surface area (Å²) >= 11 is 0. The lowest BCUT2D eigenvalue weighted by molar-refractivity contribution is -0.119. The molecule has 1 rings (SSSR count). The Hall–Kier alpha value is -2.30. The number of benzene rings is 1. The molecule has 0 aliphatic carbocycles. The average Bonchev–Trinajstić information content (AvgIpc) is 2.32. The number of amides is 2. The van der Waals surface area contributed by atoms with E-state index in [-0.39, 0.29) is 11.8 Å². The van der Waals surface area contributed by atoms with Crippen LogP contribution in [0, 0.1) is 0 Å². The van der Waals surface area contributed by atoms with Crippen molar-refractivity contribution < 1.29 is 9.59 Å². The molecular weight excluding hydrogens is 230 g/mol. The molecule has 0 saturated heterocycles. The minimum absolute atomic E-state index is 0.112. The summed E-state index contributed by atoms with van der Waals surface area (Å²) in [6.07, 6.45) is 3.12. The highest BCUT2D eigenvalue weighted by Gasteiger charge is 1.95. The predicted octanol–water partition coefficient (Wildman–Crippen LogP) is 0.534. The van der Waals surface area contributed by atoms with Crippen LogP contribution in [0.4, 0.5) is 5.69 Å². The first-order valence-electron chi connectivity index (χ1n) is 5.64. The van der Waals surface area contributed by atoms with Crippen LogP contribution in [0.25, 0.3) is 6.08 Å². The first kappa shape index (κ1) is 13.8. The molecule has 1 aromatic rings. The molecule has 0 aliphatic heterocycles.